The van der Waals surface area contributed by atoms with Crippen molar-refractivity contribution in [1.82, 2.24) is 14.5 Å². The van der Waals surface area contributed by atoms with Crippen molar-refractivity contribution in [1.29, 1.82) is 0 Å². The minimum Gasteiger partial charge on any atom is -0.467 e. The average Bonchev–Trinajstić information content (AvgIpc) is 3.34. The molecular formula is C25H30N4O4. The van der Waals surface area contributed by atoms with E-state index in [0.29, 0.717) is 38.3 Å². The molecule has 0 aliphatic carbocycles. The Kier molecular flexibility index (Phi) is 6.82. The van der Waals surface area contributed by atoms with E-state index in [1.807, 2.05) is 43.0 Å². The Morgan fingerprint density at radius 3 is 2.67 bits per heavy atom. The van der Waals surface area contributed by atoms with Crippen LogP contribution in [0.2, 0.25) is 0 Å². The second kappa shape index (κ2) is 9.94. The van der Waals surface area contributed by atoms with Crippen LogP contribution in [0.25, 0.3) is 0 Å². The summed E-state index contributed by atoms with van der Waals surface area (Å²) in [6.45, 7) is 9.52. The van der Waals surface area contributed by atoms with Crippen LogP contribution in [0.3, 0.4) is 0 Å². The number of pyridine rings is 1. The summed E-state index contributed by atoms with van der Waals surface area (Å²) in [6.07, 6.45) is 4.06. The zero-order chi connectivity index (χ0) is 23.4. The molecule has 3 aromatic heterocycles. The fraction of sp³-hybridized carbons (Fsp3) is 0.400. The second-order valence-corrected chi connectivity index (χ2v) is 8.21. The van der Waals surface area contributed by atoms with Gasteiger partial charge in [0.15, 0.2) is 0 Å². The maximum Gasteiger partial charge on any atom is 0.339 e. The lowest BCUT2D eigenvalue weighted by molar-refractivity contribution is 0.0525. The molecule has 0 bridgehead atoms. The van der Waals surface area contributed by atoms with Crippen LogP contribution >= 0.6 is 0 Å². The Labute approximate surface area is 193 Å². The van der Waals surface area contributed by atoms with Crippen molar-refractivity contribution >= 4 is 17.7 Å². The van der Waals surface area contributed by atoms with Gasteiger partial charge in [-0.2, -0.15) is 0 Å². The first-order chi connectivity index (χ1) is 16.0. The summed E-state index contributed by atoms with van der Waals surface area (Å²) in [6, 6.07) is 9.36. The number of furan rings is 1. The Hall–Kier alpha value is -3.55. The number of anilines is 1. The van der Waals surface area contributed by atoms with Gasteiger partial charge in [0.05, 0.1) is 30.5 Å². The molecule has 174 valence electrons. The summed E-state index contributed by atoms with van der Waals surface area (Å²) < 4.78 is 12.6. The van der Waals surface area contributed by atoms with Gasteiger partial charge in [-0.1, -0.05) is 0 Å². The number of carbonyl (C=O) groups excluding carboxylic acids is 2. The van der Waals surface area contributed by atoms with Gasteiger partial charge in [0.25, 0.3) is 5.91 Å². The lowest BCUT2D eigenvalue weighted by Gasteiger charge is -2.23. The Balaban J connectivity index is 1.42. The first-order valence-electron chi connectivity index (χ1n) is 11.3. The molecule has 1 aliphatic rings. The quantitative estimate of drug-likeness (QED) is 0.533. The molecule has 0 unspecified atom stereocenters. The number of hydrogen-bond donors (Lipinski definition) is 0. The highest BCUT2D eigenvalue weighted by Crippen LogP contribution is 2.21. The van der Waals surface area contributed by atoms with Gasteiger partial charge in [-0.3, -0.25) is 4.79 Å². The molecule has 1 fully saturated rings. The fourth-order valence-corrected chi connectivity index (χ4v) is 4.25. The van der Waals surface area contributed by atoms with Gasteiger partial charge in [-0.05, 0) is 57.5 Å². The van der Waals surface area contributed by atoms with Crippen LogP contribution in [0.15, 0.2) is 47.2 Å². The molecule has 3 aromatic rings. The largest absolute Gasteiger partial charge is 0.467 e. The molecule has 8 heteroatoms. The summed E-state index contributed by atoms with van der Waals surface area (Å²) in [5, 5.41) is 0. The summed E-state index contributed by atoms with van der Waals surface area (Å²) in [7, 11) is 0. The number of carbonyl (C=O) groups is 2. The number of rotatable bonds is 6. The van der Waals surface area contributed by atoms with E-state index in [-0.39, 0.29) is 11.9 Å². The third-order valence-electron chi connectivity index (χ3n) is 6.06. The predicted molar refractivity (Wildman–Crippen MR) is 125 cm³/mol. The van der Waals surface area contributed by atoms with Gasteiger partial charge in [0.2, 0.25) is 0 Å². The topological polar surface area (TPSA) is 80.8 Å². The number of aryl methyl sites for hydroxylation is 1. The minimum atomic E-state index is -0.367. The van der Waals surface area contributed by atoms with Crippen LogP contribution in [0, 0.1) is 13.8 Å². The van der Waals surface area contributed by atoms with Crippen molar-refractivity contribution in [2.24, 2.45) is 0 Å². The highest BCUT2D eigenvalue weighted by Gasteiger charge is 2.24. The Morgan fingerprint density at radius 2 is 1.97 bits per heavy atom. The molecule has 0 N–H and O–H groups in total. The zero-order valence-corrected chi connectivity index (χ0v) is 19.4. The normalized spacial score (nSPS) is 14.3. The molecule has 1 amide bonds. The molecule has 0 aromatic carbocycles. The smallest absolute Gasteiger partial charge is 0.339 e. The molecule has 0 atom stereocenters. The van der Waals surface area contributed by atoms with Gasteiger partial charge < -0.3 is 23.5 Å². The van der Waals surface area contributed by atoms with E-state index in [0.717, 1.165) is 41.5 Å². The highest BCUT2D eigenvalue weighted by molar-refractivity contribution is 5.95. The molecule has 0 spiro atoms. The highest BCUT2D eigenvalue weighted by atomic mass is 16.5. The summed E-state index contributed by atoms with van der Waals surface area (Å²) in [5.41, 5.74) is 3.17. The van der Waals surface area contributed by atoms with Crippen LogP contribution in [0.4, 0.5) is 5.82 Å². The lowest BCUT2D eigenvalue weighted by Crippen LogP contribution is -2.35. The summed E-state index contributed by atoms with van der Waals surface area (Å²) >= 11 is 0. The molecule has 0 radical (unpaired) electrons. The van der Waals surface area contributed by atoms with Gasteiger partial charge in [0, 0.05) is 43.8 Å². The number of amides is 1. The zero-order valence-electron chi connectivity index (χ0n) is 19.4. The van der Waals surface area contributed by atoms with Crippen molar-refractivity contribution in [3.8, 4) is 0 Å². The van der Waals surface area contributed by atoms with Crippen molar-refractivity contribution in [2.45, 2.75) is 33.7 Å². The van der Waals surface area contributed by atoms with Crippen LogP contribution in [0.1, 0.15) is 51.2 Å². The third kappa shape index (κ3) is 4.94. The van der Waals surface area contributed by atoms with Gasteiger partial charge in [0.1, 0.15) is 11.6 Å². The molecule has 0 saturated carbocycles. The van der Waals surface area contributed by atoms with Crippen LogP contribution in [0.5, 0.6) is 0 Å². The van der Waals surface area contributed by atoms with E-state index in [2.05, 4.69) is 14.5 Å². The maximum absolute atomic E-state index is 13.4. The molecule has 4 heterocycles. The predicted octanol–water partition coefficient (Wildman–Crippen LogP) is 3.67. The standard InChI is InChI=1S/C25H30N4O4/c1-4-32-25(31)20-8-9-23(26-16-20)27-10-6-11-28(13-12-27)24(30)22-15-18(2)29(19(22)3)17-21-7-5-14-33-21/h5,7-9,14-16H,4,6,10-13,17H2,1-3H3. The van der Waals surface area contributed by atoms with E-state index in [1.165, 1.54) is 0 Å². The number of hydrogen-bond acceptors (Lipinski definition) is 6. The second-order valence-electron chi connectivity index (χ2n) is 8.21. The van der Waals surface area contributed by atoms with E-state index in [1.54, 1.807) is 25.5 Å². The van der Waals surface area contributed by atoms with E-state index in [9.17, 15) is 9.59 Å². The average molecular weight is 451 g/mol. The van der Waals surface area contributed by atoms with Crippen LogP contribution in [-0.4, -0.2) is 59.1 Å². The summed E-state index contributed by atoms with van der Waals surface area (Å²) in [4.78, 5) is 33.8. The monoisotopic (exact) mass is 450 g/mol. The Bertz CT molecular complexity index is 1100. The summed E-state index contributed by atoms with van der Waals surface area (Å²) in [5.74, 6) is 1.35. The first-order valence-corrected chi connectivity index (χ1v) is 11.3. The van der Waals surface area contributed by atoms with E-state index >= 15 is 0 Å². The van der Waals surface area contributed by atoms with E-state index in [4.69, 9.17) is 9.15 Å². The number of aromatic nitrogens is 2. The molecule has 1 saturated heterocycles. The maximum atomic E-state index is 13.4. The fourth-order valence-electron chi connectivity index (χ4n) is 4.25. The van der Waals surface area contributed by atoms with Crippen molar-refractivity contribution in [3.63, 3.8) is 0 Å². The van der Waals surface area contributed by atoms with E-state index < -0.39 is 0 Å². The molecule has 1 aliphatic heterocycles. The molecule has 4 rings (SSSR count). The van der Waals surface area contributed by atoms with Gasteiger partial charge >= 0.3 is 5.97 Å². The molecule has 8 nitrogen and oxygen atoms in total. The minimum absolute atomic E-state index is 0.0567. The van der Waals surface area contributed by atoms with Crippen LogP contribution in [-0.2, 0) is 11.3 Å². The molecular weight excluding hydrogens is 420 g/mol. The Morgan fingerprint density at radius 1 is 1.12 bits per heavy atom. The SMILES string of the molecule is CCOC(=O)c1ccc(N2CCCN(C(=O)c3cc(C)n(Cc4ccco4)c3C)CC2)nc1. The van der Waals surface area contributed by atoms with Gasteiger partial charge in [-0.25, -0.2) is 9.78 Å². The number of nitrogens with zero attached hydrogens (tertiary/aromatic N) is 4. The van der Waals surface area contributed by atoms with Crippen molar-refractivity contribution in [3.05, 3.63) is 71.1 Å². The van der Waals surface area contributed by atoms with Crippen molar-refractivity contribution < 1.29 is 18.7 Å². The van der Waals surface area contributed by atoms with Gasteiger partial charge in [-0.15, -0.1) is 0 Å². The number of esters is 1. The van der Waals surface area contributed by atoms with Crippen LogP contribution < -0.4 is 4.90 Å². The van der Waals surface area contributed by atoms with Crippen molar-refractivity contribution in [2.75, 3.05) is 37.7 Å². The third-order valence-corrected chi connectivity index (χ3v) is 6.06. The number of ether oxygens (including phenoxy) is 1. The molecule has 33 heavy (non-hydrogen) atoms. The first kappa shape index (κ1) is 22.6. The lowest BCUT2D eigenvalue weighted by atomic mass is 10.2.